The largest absolute Gasteiger partial charge is 0.480 e. The minimum atomic E-state index is -1.01. The lowest BCUT2D eigenvalue weighted by Gasteiger charge is -2.06. The van der Waals surface area contributed by atoms with Crippen LogP contribution in [0.1, 0.15) is 11.5 Å². The maximum absolute atomic E-state index is 10.4. The monoisotopic (exact) mass is 198 g/mol. The number of carbonyl (C=O) groups is 1. The fourth-order valence-corrected chi connectivity index (χ4v) is 1.02. The van der Waals surface area contributed by atoms with Gasteiger partial charge in [-0.15, -0.1) is 0 Å². The summed E-state index contributed by atoms with van der Waals surface area (Å²) < 4.78 is 5.28. The highest BCUT2D eigenvalue weighted by Crippen LogP contribution is 2.04. The molecule has 1 atom stereocenters. The van der Waals surface area contributed by atoms with Gasteiger partial charge in [-0.1, -0.05) is 0 Å². The first kappa shape index (κ1) is 10.7. The van der Waals surface area contributed by atoms with E-state index in [0.29, 0.717) is 6.54 Å². The minimum Gasteiger partial charge on any atom is -0.480 e. The van der Waals surface area contributed by atoms with Gasteiger partial charge in [-0.05, 0) is 19.1 Å². The molecule has 1 aromatic heterocycles. The molecular weight excluding hydrogens is 184 g/mol. The molecule has 0 spiro atoms. The molecule has 1 heterocycles. The van der Waals surface area contributed by atoms with Gasteiger partial charge < -0.3 is 20.6 Å². The highest BCUT2D eigenvalue weighted by molar-refractivity contribution is 5.73. The van der Waals surface area contributed by atoms with E-state index in [9.17, 15) is 4.79 Å². The first-order chi connectivity index (χ1) is 6.59. The Hall–Kier alpha value is -1.33. The van der Waals surface area contributed by atoms with Crippen LogP contribution in [0, 0.1) is 6.92 Å². The molecule has 0 bridgehead atoms. The average molecular weight is 198 g/mol. The Bertz CT molecular complexity index is 309. The number of aliphatic carboxylic acids is 1. The third-order valence-corrected chi connectivity index (χ3v) is 1.78. The smallest absolute Gasteiger partial charge is 0.321 e. The Balaban J connectivity index is 2.25. The maximum atomic E-state index is 10.4. The van der Waals surface area contributed by atoms with Crippen molar-refractivity contribution in [3.63, 3.8) is 0 Å². The van der Waals surface area contributed by atoms with E-state index in [4.69, 9.17) is 15.3 Å². The van der Waals surface area contributed by atoms with Crippen LogP contribution < -0.4 is 11.1 Å². The molecule has 4 N–H and O–H groups in total. The van der Waals surface area contributed by atoms with Crippen molar-refractivity contribution >= 4 is 5.97 Å². The van der Waals surface area contributed by atoms with E-state index < -0.39 is 12.0 Å². The zero-order valence-electron chi connectivity index (χ0n) is 7.99. The van der Waals surface area contributed by atoms with Crippen LogP contribution in [0.5, 0.6) is 0 Å². The fourth-order valence-electron chi connectivity index (χ4n) is 1.02. The van der Waals surface area contributed by atoms with Gasteiger partial charge in [-0.2, -0.15) is 0 Å². The van der Waals surface area contributed by atoms with Gasteiger partial charge >= 0.3 is 5.97 Å². The Morgan fingerprint density at radius 3 is 2.93 bits per heavy atom. The predicted octanol–water partition coefficient (Wildman–Crippen LogP) is 0.0895. The van der Waals surface area contributed by atoms with Crippen LogP contribution >= 0.6 is 0 Å². The third-order valence-electron chi connectivity index (χ3n) is 1.78. The zero-order chi connectivity index (χ0) is 10.6. The molecule has 0 amide bonds. The number of rotatable bonds is 5. The van der Waals surface area contributed by atoms with Crippen molar-refractivity contribution in [3.05, 3.63) is 23.7 Å². The van der Waals surface area contributed by atoms with Gasteiger partial charge in [0.15, 0.2) is 0 Å². The van der Waals surface area contributed by atoms with Crippen molar-refractivity contribution in [3.8, 4) is 0 Å². The molecule has 0 saturated heterocycles. The highest BCUT2D eigenvalue weighted by Gasteiger charge is 2.10. The molecule has 0 fully saturated rings. The fraction of sp³-hybridized carbons (Fsp3) is 0.444. The van der Waals surface area contributed by atoms with Gasteiger partial charge in [0, 0.05) is 6.54 Å². The van der Waals surface area contributed by atoms with Gasteiger partial charge in [0.05, 0.1) is 6.54 Å². The number of carboxylic acid groups (broad SMARTS) is 1. The molecule has 78 valence electrons. The van der Waals surface area contributed by atoms with Crippen molar-refractivity contribution in [2.24, 2.45) is 5.73 Å². The molecule has 0 saturated carbocycles. The predicted molar refractivity (Wildman–Crippen MR) is 50.8 cm³/mol. The molecule has 5 nitrogen and oxygen atoms in total. The van der Waals surface area contributed by atoms with E-state index in [1.165, 1.54) is 0 Å². The second kappa shape index (κ2) is 4.78. The van der Waals surface area contributed by atoms with Crippen LogP contribution in [0.25, 0.3) is 0 Å². The molecule has 0 aliphatic carbocycles. The summed E-state index contributed by atoms with van der Waals surface area (Å²) in [5.41, 5.74) is 5.29. The van der Waals surface area contributed by atoms with Crippen molar-refractivity contribution < 1.29 is 14.3 Å². The molecule has 0 radical (unpaired) electrons. The van der Waals surface area contributed by atoms with E-state index in [2.05, 4.69) is 5.32 Å². The number of nitrogens with two attached hydrogens (primary N) is 1. The summed E-state index contributed by atoms with van der Waals surface area (Å²) >= 11 is 0. The number of hydrogen-bond acceptors (Lipinski definition) is 4. The van der Waals surface area contributed by atoms with Crippen LogP contribution in [0.3, 0.4) is 0 Å². The zero-order valence-corrected chi connectivity index (χ0v) is 7.99. The van der Waals surface area contributed by atoms with E-state index in [1.807, 2.05) is 19.1 Å². The molecule has 1 rings (SSSR count). The van der Waals surface area contributed by atoms with Crippen LogP contribution in [-0.4, -0.2) is 23.7 Å². The van der Waals surface area contributed by atoms with Gasteiger partial charge in [0.1, 0.15) is 17.6 Å². The normalized spacial score (nSPS) is 12.7. The van der Waals surface area contributed by atoms with E-state index in [0.717, 1.165) is 11.5 Å². The molecular formula is C9H14N2O3. The average Bonchev–Trinajstić information content (AvgIpc) is 2.51. The minimum absolute atomic E-state index is 0.231. The molecule has 1 aromatic rings. The lowest BCUT2D eigenvalue weighted by Crippen LogP contribution is -2.39. The van der Waals surface area contributed by atoms with Crippen molar-refractivity contribution in [2.45, 2.75) is 19.5 Å². The highest BCUT2D eigenvalue weighted by atomic mass is 16.4. The van der Waals surface area contributed by atoms with Crippen molar-refractivity contribution in [2.75, 3.05) is 6.54 Å². The SMILES string of the molecule is Cc1ccc(CNCC(N)C(=O)O)o1. The van der Waals surface area contributed by atoms with Gasteiger partial charge in [0.2, 0.25) is 0 Å². The molecule has 0 aliphatic rings. The third kappa shape index (κ3) is 3.20. The number of hydrogen-bond donors (Lipinski definition) is 3. The first-order valence-corrected chi connectivity index (χ1v) is 4.34. The van der Waals surface area contributed by atoms with Gasteiger partial charge in [-0.25, -0.2) is 0 Å². The molecule has 1 unspecified atom stereocenters. The van der Waals surface area contributed by atoms with Crippen LogP contribution in [-0.2, 0) is 11.3 Å². The second-order valence-corrected chi connectivity index (χ2v) is 3.09. The van der Waals surface area contributed by atoms with E-state index >= 15 is 0 Å². The Kier molecular flexibility index (Phi) is 3.67. The summed E-state index contributed by atoms with van der Waals surface area (Å²) in [6.45, 7) is 2.58. The summed E-state index contributed by atoms with van der Waals surface area (Å²) in [6, 6.07) is 2.83. The van der Waals surface area contributed by atoms with E-state index in [1.54, 1.807) is 0 Å². The molecule has 14 heavy (non-hydrogen) atoms. The van der Waals surface area contributed by atoms with Crippen LogP contribution in [0.4, 0.5) is 0 Å². The van der Waals surface area contributed by atoms with E-state index in [-0.39, 0.29) is 6.54 Å². The molecule has 0 aliphatic heterocycles. The quantitative estimate of drug-likeness (QED) is 0.624. The topological polar surface area (TPSA) is 88.5 Å². The molecule has 5 heteroatoms. The Morgan fingerprint density at radius 1 is 1.71 bits per heavy atom. The van der Waals surface area contributed by atoms with Crippen LogP contribution in [0.2, 0.25) is 0 Å². The number of furan rings is 1. The summed E-state index contributed by atoms with van der Waals surface area (Å²) in [5, 5.41) is 11.4. The summed E-state index contributed by atoms with van der Waals surface area (Å²) in [4.78, 5) is 10.4. The summed E-state index contributed by atoms with van der Waals surface area (Å²) in [6.07, 6.45) is 0. The maximum Gasteiger partial charge on any atom is 0.321 e. The molecule has 0 aromatic carbocycles. The van der Waals surface area contributed by atoms with Gasteiger partial charge in [-0.3, -0.25) is 4.79 Å². The Morgan fingerprint density at radius 2 is 2.43 bits per heavy atom. The second-order valence-electron chi connectivity index (χ2n) is 3.09. The van der Waals surface area contributed by atoms with Crippen LogP contribution in [0.15, 0.2) is 16.5 Å². The first-order valence-electron chi connectivity index (χ1n) is 4.34. The number of carboxylic acids is 1. The Labute approximate surface area is 81.9 Å². The lowest BCUT2D eigenvalue weighted by atomic mass is 10.3. The van der Waals surface area contributed by atoms with Crippen molar-refractivity contribution in [1.29, 1.82) is 0 Å². The summed E-state index contributed by atoms with van der Waals surface area (Å²) in [5.74, 6) is 0.609. The number of nitrogens with one attached hydrogen (secondary N) is 1. The number of aryl methyl sites for hydroxylation is 1. The van der Waals surface area contributed by atoms with Gasteiger partial charge in [0.25, 0.3) is 0 Å². The standard InChI is InChI=1S/C9H14N2O3/c1-6-2-3-7(14-6)4-11-5-8(10)9(12)13/h2-3,8,11H,4-5,10H2,1H3,(H,12,13). The van der Waals surface area contributed by atoms with Crippen molar-refractivity contribution in [1.82, 2.24) is 5.32 Å². The lowest BCUT2D eigenvalue weighted by molar-refractivity contribution is -0.138. The summed E-state index contributed by atoms with van der Waals surface area (Å²) in [7, 11) is 0.